The van der Waals surface area contributed by atoms with Gasteiger partial charge in [-0.3, -0.25) is 4.79 Å². The fourth-order valence-electron chi connectivity index (χ4n) is 2.33. The molecule has 0 fully saturated rings. The highest BCUT2D eigenvalue weighted by molar-refractivity contribution is 5.72. The van der Waals surface area contributed by atoms with Gasteiger partial charge in [0.25, 0.3) is 0 Å². The van der Waals surface area contributed by atoms with Crippen LogP contribution in [0.3, 0.4) is 0 Å². The number of nitrogens with two attached hydrogens (primary N) is 1. The van der Waals surface area contributed by atoms with E-state index in [1.165, 1.54) is 11.1 Å². The second kappa shape index (κ2) is 5.32. The van der Waals surface area contributed by atoms with E-state index in [0.717, 1.165) is 24.8 Å². The average molecular weight is 233 g/mol. The maximum Gasteiger partial charge on any atom is 0.310 e. The number of carbonyl (C=O) groups excluding carboxylic acids is 1. The molecule has 0 saturated carbocycles. The molecule has 1 aliphatic carbocycles. The van der Waals surface area contributed by atoms with Crippen LogP contribution in [0.4, 0.5) is 0 Å². The lowest BCUT2D eigenvalue weighted by Crippen LogP contribution is -2.27. The number of carbonyl (C=O) groups is 1. The molecule has 3 heteroatoms. The molecule has 17 heavy (non-hydrogen) atoms. The van der Waals surface area contributed by atoms with E-state index in [9.17, 15) is 4.79 Å². The van der Waals surface area contributed by atoms with Gasteiger partial charge in [0.2, 0.25) is 0 Å². The zero-order chi connectivity index (χ0) is 12.3. The van der Waals surface area contributed by atoms with Gasteiger partial charge in [-0.05, 0) is 42.9 Å². The van der Waals surface area contributed by atoms with Crippen LogP contribution in [0.5, 0.6) is 0 Å². The van der Waals surface area contributed by atoms with Gasteiger partial charge < -0.3 is 10.5 Å². The Morgan fingerprint density at radius 1 is 1.47 bits per heavy atom. The summed E-state index contributed by atoms with van der Waals surface area (Å²) in [7, 11) is 0. The molecule has 3 nitrogen and oxygen atoms in total. The summed E-state index contributed by atoms with van der Waals surface area (Å²) in [6, 6.07) is 6.51. The van der Waals surface area contributed by atoms with E-state index in [-0.39, 0.29) is 12.0 Å². The smallest absolute Gasteiger partial charge is 0.310 e. The summed E-state index contributed by atoms with van der Waals surface area (Å²) in [5.74, 6) is -0.160. The van der Waals surface area contributed by atoms with Gasteiger partial charge in [-0.2, -0.15) is 0 Å². The predicted octanol–water partition coefficient (Wildman–Crippen LogP) is 1.61. The van der Waals surface area contributed by atoms with Gasteiger partial charge in [-0.1, -0.05) is 18.2 Å². The minimum absolute atomic E-state index is 0.160. The van der Waals surface area contributed by atoms with Crippen LogP contribution in [0.25, 0.3) is 0 Å². The van der Waals surface area contributed by atoms with Gasteiger partial charge in [0.1, 0.15) is 0 Å². The zero-order valence-electron chi connectivity index (χ0n) is 10.2. The van der Waals surface area contributed by atoms with Crippen molar-refractivity contribution >= 4 is 5.97 Å². The predicted molar refractivity (Wildman–Crippen MR) is 66.8 cm³/mol. The first kappa shape index (κ1) is 12.1. The Morgan fingerprint density at radius 2 is 2.29 bits per heavy atom. The van der Waals surface area contributed by atoms with E-state index in [1.54, 1.807) is 0 Å². The zero-order valence-corrected chi connectivity index (χ0v) is 10.2. The second-order valence-corrected chi connectivity index (χ2v) is 4.59. The van der Waals surface area contributed by atoms with Gasteiger partial charge >= 0.3 is 5.97 Å². The molecule has 1 aromatic rings. The standard InChI is InChI=1S/C14H19NO2/c1-2-17-14(16)8-10-3-4-11-5-6-13(15)9-12(11)7-10/h3-4,7,13H,2,5-6,8-9,15H2,1H3. The summed E-state index contributed by atoms with van der Waals surface area (Å²) in [5.41, 5.74) is 9.65. The summed E-state index contributed by atoms with van der Waals surface area (Å²) in [4.78, 5) is 11.4. The van der Waals surface area contributed by atoms with E-state index in [0.29, 0.717) is 13.0 Å². The molecular formula is C14H19NO2. The third-order valence-electron chi connectivity index (χ3n) is 3.19. The van der Waals surface area contributed by atoms with Crippen LogP contribution in [0.15, 0.2) is 18.2 Å². The van der Waals surface area contributed by atoms with Crippen LogP contribution >= 0.6 is 0 Å². The first-order valence-electron chi connectivity index (χ1n) is 6.21. The Hall–Kier alpha value is -1.35. The number of esters is 1. The minimum Gasteiger partial charge on any atom is -0.466 e. The van der Waals surface area contributed by atoms with Crippen LogP contribution < -0.4 is 5.73 Å². The normalized spacial score (nSPS) is 18.6. The maximum atomic E-state index is 11.4. The highest BCUT2D eigenvalue weighted by Gasteiger charge is 2.16. The fourth-order valence-corrected chi connectivity index (χ4v) is 2.33. The SMILES string of the molecule is CCOC(=O)Cc1ccc2c(c1)CC(N)CC2. The summed E-state index contributed by atoms with van der Waals surface area (Å²) in [5, 5.41) is 0. The molecule has 0 radical (unpaired) electrons. The molecule has 1 aromatic carbocycles. The van der Waals surface area contributed by atoms with Crippen LogP contribution in [0, 0.1) is 0 Å². The van der Waals surface area contributed by atoms with Crippen LogP contribution in [0.1, 0.15) is 30.0 Å². The van der Waals surface area contributed by atoms with E-state index < -0.39 is 0 Å². The van der Waals surface area contributed by atoms with Crippen molar-refractivity contribution in [2.75, 3.05) is 6.61 Å². The first-order valence-corrected chi connectivity index (χ1v) is 6.21. The number of hydrogen-bond donors (Lipinski definition) is 1. The molecule has 2 rings (SSSR count). The Bertz CT molecular complexity index is 415. The molecule has 0 aliphatic heterocycles. The molecule has 0 spiro atoms. The van der Waals surface area contributed by atoms with Crippen molar-refractivity contribution in [3.63, 3.8) is 0 Å². The van der Waals surface area contributed by atoms with Gasteiger partial charge in [0, 0.05) is 6.04 Å². The van der Waals surface area contributed by atoms with Crippen molar-refractivity contribution in [3.05, 3.63) is 34.9 Å². The topological polar surface area (TPSA) is 52.3 Å². The number of rotatable bonds is 3. The summed E-state index contributed by atoms with van der Waals surface area (Å²) >= 11 is 0. The number of fused-ring (bicyclic) bond motifs is 1. The largest absolute Gasteiger partial charge is 0.466 e. The Kier molecular flexibility index (Phi) is 3.79. The highest BCUT2D eigenvalue weighted by atomic mass is 16.5. The van der Waals surface area contributed by atoms with Crippen molar-refractivity contribution in [1.82, 2.24) is 0 Å². The number of aryl methyl sites for hydroxylation is 1. The summed E-state index contributed by atoms with van der Waals surface area (Å²) < 4.78 is 4.95. The molecule has 2 N–H and O–H groups in total. The third-order valence-corrected chi connectivity index (χ3v) is 3.19. The first-order chi connectivity index (χ1) is 8.19. The molecule has 1 unspecified atom stereocenters. The fraction of sp³-hybridized carbons (Fsp3) is 0.500. The third kappa shape index (κ3) is 3.07. The number of hydrogen-bond acceptors (Lipinski definition) is 3. The van der Waals surface area contributed by atoms with Crippen molar-refractivity contribution in [3.8, 4) is 0 Å². The number of benzene rings is 1. The van der Waals surface area contributed by atoms with Gasteiger partial charge in [0.05, 0.1) is 13.0 Å². The van der Waals surface area contributed by atoms with Crippen LogP contribution in [-0.2, 0) is 28.8 Å². The lowest BCUT2D eigenvalue weighted by Gasteiger charge is -2.21. The molecule has 0 bridgehead atoms. The Balaban J connectivity index is 2.10. The molecule has 0 aromatic heterocycles. The Morgan fingerprint density at radius 3 is 3.06 bits per heavy atom. The molecule has 1 aliphatic rings. The van der Waals surface area contributed by atoms with Crippen LogP contribution in [-0.4, -0.2) is 18.6 Å². The summed E-state index contributed by atoms with van der Waals surface area (Å²) in [6.07, 6.45) is 3.39. The molecule has 0 amide bonds. The lowest BCUT2D eigenvalue weighted by atomic mass is 9.87. The van der Waals surface area contributed by atoms with Crippen molar-refractivity contribution in [2.24, 2.45) is 5.73 Å². The van der Waals surface area contributed by atoms with Gasteiger partial charge in [-0.25, -0.2) is 0 Å². The van der Waals surface area contributed by atoms with Crippen molar-refractivity contribution < 1.29 is 9.53 Å². The molecular weight excluding hydrogens is 214 g/mol. The monoisotopic (exact) mass is 233 g/mol. The van der Waals surface area contributed by atoms with Crippen molar-refractivity contribution in [2.45, 2.75) is 38.6 Å². The quantitative estimate of drug-likeness (QED) is 0.807. The van der Waals surface area contributed by atoms with Gasteiger partial charge in [0.15, 0.2) is 0 Å². The summed E-state index contributed by atoms with van der Waals surface area (Å²) in [6.45, 7) is 2.26. The van der Waals surface area contributed by atoms with E-state index >= 15 is 0 Å². The van der Waals surface area contributed by atoms with E-state index in [4.69, 9.17) is 10.5 Å². The van der Waals surface area contributed by atoms with Crippen LogP contribution in [0.2, 0.25) is 0 Å². The second-order valence-electron chi connectivity index (χ2n) is 4.59. The van der Waals surface area contributed by atoms with E-state index in [1.807, 2.05) is 13.0 Å². The Labute approximate surface area is 102 Å². The minimum atomic E-state index is -0.160. The van der Waals surface area contributed by atoms with Crippen molar-refractivity contribution in [1.29, 1.82) is 0 Å². The van der Waals surface area contributed by atoms with Gasteiger partial charge in [-0.15, -0.1) is 0 Å². The lowest BCUT2D eigenvalue weighted by molar-refractivity contribution is -0.142. The average Bonchev–Trinajstić information content (AvgIpc) is 2.28. The molecule has 1 atom stereocenters. The number of ether oxygens (including phenoxy) is 1. The molecule has 92 valence electrons. The highest BCUT2D eigenvalue weighted by Crippen LogP contribution is 2.22. The van der Waals surface area contributed by atoms with E-state index in [2.05, 4.69) is 12.1 Å². The maximum absolute atomic E-state index is 11.4. The molecule has 0 saturated heterocycles. The molecule has 0 heterocycles.